The molecule has 0 aliphatic carbocycles. The van der Waals surface area contributed by atoms with Crippen LogP contribution in [0.15, 0.2) is 12.7 Å². The number of nitrogens with zero attached hydrogens (tertiary/aromatic N) is 1. The zero-order chi connectivity index (χ0) is 11.0. The van der Waals surface area contributed by atoms with Gasteiger partial charge in [0.1, 0.15) is 0 Å². The van der Waals surface area contributed by atoms with E-state index < -0.39 is 0 Å². The molecule has 0 aliphatic rings. The van der Waals surface area contributed by atoms with Gasteiger partial charge in [0, 0.05) is 25.2 Å². The average molecular weight is 198 g/mol. The van der Waals surface area contributed by atoms with Crippen LogP contribution in [0.4, 0.5) is 0 Å². The first-order valence-corrected chi connectivity index (χ1v) is 5.67. The molecule has 0 saturated heterocycles. The lowest BCUT2D eigenvalue weighted by Gasteiger charge is -2.30. The minimum Gasteiger partial charge on any atom is -0.315 e. The van der Waals surface area contributed by atoms with Crippen LogP contribution in [0.3, 0.4) is 0 Å². The lowest BCUT2D eigenvalue weighted by molar-refractivity contribution is 0.176. The minimum absolute atomic E-state index is 0.635. The van der Waals surface area contributed by atoms with Crippen LogP contribution in [0, 0.1) is 0 Å². The van der Waals surface area contributed by atoms with Gasteiger partial charge >= 0.3 is 0 Å². The fourth-order valence-electron chi connectivity index (χ4n) is 1.65. The van der Waals surface area contributed by atoms with Crippen LogP contribution in [0.5, 0.6) is 0 Å². The fourth-order valence-corrected chi connectivity index (χ4v) is 1.65. The Bertz CT molecular complexity index is 133. The SMILES string of the molecule is C=CCCNCCN(C(C)C)C(C)C. The van der Waals surface area contributed by atoms with Crippen molar-refractivity contribution < 1.29 is 0 Å². The molecule has 0 radical (unpaired) electrons. The van der Waals surface area contributed by atoms with Crippen molar-refractivity contribution in [3.8, 4) is 0 Å². The van der Waals surface area contributed by atoms with E-state index in [1.165, 1.54) is 0 Å². The van der Waals surface area contributed by atoms with Crippen LogP contribution in [-0.2, 0) is 0 Å². The maximum atomic E-state index is 3.70. The van der Waals surface area contributed by atoms with Crippen molar-refractivity contribution in [3.63, 3.8) is 0 Å². The molecule has 0 amide bonds. The van der Waals surface area contributed by atoms with E-state index in [-0.39, 0.29) is 0 Å². The third-order valence-electron chi connectivity index (χ3n) is 2.40. The topological polar surface area (TPSA) is 15.3 Å². The third-order valence-corrected chi connectivity index (χ3v) is 2.40. The standard InChI is InChI=1S/C12H26N2/c1-6-7-8-13-9-10-14(11(2)3)12(4)5/h6,11-13H,1,7-10H2,2-5H3. The van der Waals surface area contributed by atoms with Gasteiger partial charge in [-0.3, -0.25) is 4.90 Å². The minimum atomic E-state index is 0.635. The van der Waals surface area contributed by atoms with Crippen LogP contribution in [0.2, 0.25) is 0 Å². The summed E-state index contributed by atoms with van der Waals surface area (Å²) in [5.74, 6) is 0. The van der Waals surface area contributed by atoms with Crippen molar-refractivity contribution in [2.75, 3.05) is 19.6 Å². The Balaban J connectivity index is 3.56. The summed E-state index contributed by atoms with van der Waals surface area (Å²) in [6.07, 6.45) is 3.01. The molecule has 1 N–H and O–H groups in total. The van der Waals surface area contributed by atoms with Crippen LogP contribution >= 0.6 is 0 Å². The quantitative estimate of drug-likeness (QED) is 0.475. The Labute approximate surface area is 89.4 Å². The molecule has 0 bridgehead atoms. The summed E-state index contributed by atoms with van der Waals surface area (Å²) in [6.45, 7) is 16.0. The summed E-state index contributed by atoms with van der Waals surface area (Å²) >= 11 is 0. The van der Waals surface area contributed by atoms with Crippen molar-refractivity contribution in [2.45, 2.75) is 46.2 Å². The predicted molar refractivity (Wildman–Crippen MR) is 64.7 cm³/mol. The molecule has 0 rings (SSSR count). The molecule has 0 unspecified atom stereocenters. The van der Waals surface area contributed by atoms with Gasteiger partial charge in [-0.1, -0.05) is 6.08 Å². The molecule has 0 heterocycles. The zero-order valence-corrected chi connectivity index (χ0v) is 10.2. The van der Waals surface area contributed by atoms with E-state index in [9.17, 15) is 0 Å². The first-order chi connectivity index (χ1) is 6.59. The van der Waals surface area contributed by atoms with Gasteiger partial charge < -0.3 is 5.32 Å². The van der Waals surface area contributed by atoms with Gasteiger partial charge in [-0.2, -0.15) is 0 Å². The Morgan fingerprint density at radius 3 is 2.14 bits per heavy atom. The molecule has 2 nitrogen and oxygen atoms in total. The second-order valence-electron chi connectivity index (χ2n) is 4.25. The molecule has 0 fully saturated rings. The van der Waals surface area contributed by atoms with Crippen LogP contribution < -0.4 is 5.32 Å². The van der Waals surface area contributed by atoms with Gasteiger partial charge in [0.15, 0.2) is 0 Å². The molecule has 2 heteroatoms. The molecule has 84 valence electrons. The van der Waals surface area contributed by atoms with E-state index in [4.69, 9.17) is 0 Å². The van der Waals surface area contributed by atoms with Gasteiger partial charge in [0.25, 0.3) is 0 Å². The number of nitrogens with one attached hydrogen (secondary N) is 1. The highest BCUT2D eigenvalue weighted by Crippen LogP contribution is 2.02. The van der Waals surface area contributed by atoms with Crippen molar-refractivity contribution in [1.82, 2.24) is 10.2 Å². The van der Waals surface area contributed by atoms with Crippen LogP contribution in [0.25, 0.3) is 0 Å². The smallest absolute Gasteiger partial charge is 0.0112 e. The van der Waals surface area contributed by atoms with E-state index in [0.29, 0.717) is 12.1 Å². The van der Waals surface area contributed by atoms with Gasteiger partial charge in [-0.05, 0) is 40.7 Å². The molecule has 0 saturated carbocycles. The second-order valence-corrected chi connectivity index (χ2v) is 4.25. The Morgan fingerprint density at radius 1 is 1.14 bits per heavy atom. The monoisotopic (exact) mass is 198 g/mol. The largest absolute Gasteiger partial charge is 0.315 e. The van der Waals surface area contributed by atoms with Crippen molar-refractivity contribution in [3.05, 3.63) is 12.7 Å². The fraction of sp³-hybridized carbons (Fsp3) is 0.833. The third kappa shape index (κ3) is 6.17. The van der Waals surface area contributed by atoms with Gasteiger partial charge in [0.2, 0.25) is 0 Å². The predicted octanol–water partition coefficient (Wildman–Crippen LogP) is 2.27. The highest BCUT2D eigenvalue weighted by Gasteiger charge is 2.11. The maximum absolute atomic E-state index is 3.70. The van der Waals surface area contributed by atoms with E-state index in [2.05, 4.69) is 44.5 Å². The van der Waals surface area contributed by atoms with Crippen LogP contribution in [-0.4, -0.2) is 36.6 Å². The van der Waals surface area contributed by atoms with E-state index in [1.54, 1.807) is 0 Å². The zero-order valence-electron chi connectivity index (χ0n) is 10.2. The highest BCUT2D eigenvalue weighted by atomic mass is 15.2. The molecule has 14 heavy (non-hydrogen) atoms. The Kier molecular flexibility index (Phi) is 7.81. The molecule has 0 aromatic rings. The summed E-state index contributed by atoms with van der Waals surface area (Å²) in [5.41, 5.74) is 0. The van der Waals surface area contributed by atoms with Gasteiger partial charge in [-0.15, -0.1) is 6.58 Å². The Morgan fingerprint density at radius 2 is 1.71 bits per heavy atom. The van der Waals surface area contributed by atoms with Crippen LogP contribution in [0.1, 0.15) is 34.1 Å². The summed E-state index contributed by atoms with van der Waals surface area (Å²) in [4.78, 5) is 2.50. The van der Waals surface area contributed by atoms with Gasteiger partial charge in [0.05, 0.1) is 0 Å². The molecular formula is C12H26N2. The second kappa shape index (κ2) is 8.01. The van der Waals surface area contributed by atoms with Crippen molar-refractivity contribution in [2.24, 2.45) is 0 Å². The first-order valence-electron chi connectivity index (χ1n) is 5.67. The summed E-state index contributed by atoms with van der Waals surface area (Å²) < 4.78 is 0. The number of hydrogen-bond donors (Lipinski definition) is 1. The normalized spacial score (nSPS) is 11.6. The van der Waals surface area contributed by atoms with Gasteiger partial charge in [-0.25, -0.2) is 0 Å². The molecule has 0 aromatic heterocycles. The first kappa shape index (κ1) is 13.7. The summed E-state index contributed by atoms with van der Waals surface area (Å²) in [5, 5.41) is 3.41. The lowest BCUT2D eigenvalue weighted by Crippen LogP contribution is -2.41. The molecule has 0 atom stereocenters. The summed E-state index contributed by atoms with van der Waals surface area (Å²) in [7, 11) is 0. The summed E-state index contributed by atoms with van der Waals surface area (Å²) in [6, 6.07) is 1.27. The van der Waals surface area contributed by atoms with E-state index >= 15 is 0 Å². The highest BCUT2D eigenvalue weighted by molar-refractivity contribution is 4.70. The number of rotatable bonds is 8. The van der Waals surface area contributed by atoms with Crippen molar-refractivity contribution >= 4 is 0 Å². The maximum Gasteiger partial charge on any atom is 0.0112 e. The van der Waals surface area contributed by atoms with Crippen molar-refractivity contribution in [1.29, 1.82) is 0 Å². The lowest BCUT2D eigenvalue weighted by atomic mass is 10.2. The average Bonchev–Trinajstić information content (AvgIpc) is 2.09. The van der Waals surface area contributed by atoms with E-state index in [1.807, 2.05) is 6.08 Å². The number of hydrogen-bond acceptors (Lipinski definition) is 2. The Hall–Kier alpha value is -0.340. The molecule has 0 spiro atoms. The van der Waals surface area contributed by atoms with E-state index in [0.717, 1.165) is 26.1 Å². The molecular weight excluding hydrogens is 172 g/mol. The molecule has 0 aromatic carbocycles. The molecule has 0 aliphatic heterocycles.